The highest BCUT2D eigenvalue weighted by molar-refractivity contribution is 5.74. The van der Waals surface area contributed by atoms with Crippen LogP contribution in [-0.2, 0) is 13.0 Å². The Labute approximate surface area is 110 Å². The maximum Gasteiger partial charge on any atom is 0.227 e. The maximum absolute atomic E-state index is 11.9. The van der Waals surface area contributed by atoms with Gasteiger partial charge in [0.1, 0.15) is 12.4 Å². The smallest absolute Gasteiger partial charge is 0.227 e. The molecule has 1 aromatic heterocycles. The van der Waals surface area contributed by atoms with Crippen LogP contribution < -0.4 is 10.2 Å². The summed E-state index contributed by atoms with van der Waals surface area (Å²) in [6.45, 7) is 2.06. The lowest BCUT2D eigenvalue weighted by Crippen LogP contribution is -2.11. The summed E-state index contributed by atoms with van der Waals surface area (Å²) in [5, 5.41) is 0. The van der Waals surface area contributed by atoms with E-state index < -0.39 is 0 Å². The molecule has 0 aliphatic heterocycles. The minimum absolute atomic E-state index is 0.0314. The van der Waals surface area contributed by atoms with Gasteiger partial charge in [0.15, 0.2) is 6.29 Å². The van der Waals surface area contributed by atoms with Gasteiger partial charge in [-0.15, -0.1) is 0 Å². The molecule has 0 N–H and O–H groups in total. The summed E-state index contributed by atoms with van der Waals surface area (Å²) in [5.41, 5.74) is 0.583. The van der Waals surface area contributed by atoms with Crippen molar-refractivity contribution in [3.63, 3.8) is 0 Å². The van der Waals surface area contributed by atoms with Crippen LogP contribution in [0.25, 0.3) is 0 Å². The predicted octanol–water partition coefficient (Wildman–Crippen LogP) is 2.59. The first kappa shape index (κ1) is 13.1. The average molecular weight is 258 g/mol. The Morgan fingerprint density at radius 2 is 2.00 bits per heavy atom. The largest absolute Gasteiger partial charge is 0.481 e. The number of carbonyl (C=O) groups is 1. The molecule has 2 aromatic rings. The molecule has 0 aliphatic rings. The minimum Gasteiger partial charge on any atom is -0.481 e. The first-order chi connectivity index (χ1) is 9.24. The molecule has 4 heteroatoms. The normalized spacial score (nSPS) is 10.2. The fraction of sp³-hybridized carbons (Fsp3) is 0.200. The van der Waals surface area contributed by atoms with Crippen LogP contribution in [0.3, 0.4) is 0 Å². The lowest BCUT2D eigenvalue weighted by molar-refractivity contribution is 0.108. The van der Waals surface area contributed by atoms with E-state index in [-0.39, 0.29) is 23.5 Å². The monoisotopic (exact) mass is 258 g/mol. The molecule has 0 unspecified atom stereocenters. The number of hydrogen-bond acceptors (Lipinski definition) is 4. The van der Waals surface area contributed by atoms with E-state index in [1.165, 1.54) is 6.07 Å². The Morgan fingerprint density at radius 3 is 2.63 bits per heavy atom. The molecule has 1 heterocycles. The van der Waals surface area contributed by atoms with Gasteiger partial charge >= 0.3 is 0 Å². The van der Waals surface area contributed by atoms with E-state index in [4.69, 9.17) is 9.15 Å². The van der Waals surface area contributed by atoms with Gasteiger partial charge in [-0.1, -0.05) is 37.3 Å². The number of benzene rings is 1. The number of ether oxygens (including phenoxy) is 1. The Balaban J connectivity index is 2.25. The number of rotatable bonds is 5. The molecule has 4 nitrogen and oxygen atoms in total. The maximum atomic E-state index is 11.9. The van der Waals surface area contributed by atoms with Gasteiger partial charge in [-0.2, -0.15) is 0 Å². The van der Waals surface area contributed by atoms with E-state index in [2.05, 4.69) is 0 Å². The summed E-state index contributed by atoms with van der Waals surface area (Å²) in [4.78, 5) is 22.8. The second-order valence-electron chi connectivity index (χ2n) is 4.02. The molecule has 0 saturated carbocycles. The van der Waals surface area contributed by atoms with E-state index in [0.717, 1.165) is 5.56 Å². The van der Waals surface area contributed by atoms with Crippen LogP contribution in [0.4, 0.5) is 0 Å². The topological polar surface area (TPSA) is 56.5 Å². The van der Waals surface area contributed by atoms with E-state index in [0.29, 0.717) is 18.5 Å². The van der Waals surface area contributed by atoms with Crippen molar-refractivity contribution in [3.8, 4) is 5.75 Å². The number of aldehydes is 1. The number of aryl methyl sites for hydroxylation is 1. The molecule has 0 aliphatic carbocycles. The molecule has 0 spiro atoms. The predicted molar refractivity (Wildman–Crippen MR) is 70.5 cm³/mol. The van der Waals surface area contributed by atoms with Crippen molar-refractivity contribution in [1.82, 2.24) is 0 Å². The standard InChI is InChI=1S/C15H14O4/c1-2-12-8-13(17)15(14(9-16)19-12)18-10-11-6-4-3-5-7-11/h3-9H,2,10H2,1H3. The highest BCUT2D eigenvalue weighted by Crippen LogP contribution is 2.15. The van der Waals surface area contributed by atoms with E-state index >= 15 is 0 Å². The number of carbonyl (C=O) groups excluding carboxylic acids is 1. The molecule has 0 saturated heterocycles. The van der Waals surface area contributed by atoms with Gasteiger partial charge in [-0.25, -0.2) is 0 Å². The van der Waals surface area contributed by atoms with Gasteiger partial charge in [0.25, 0.3) is 0 Å². The van der Waals surface area contributed by atoms with Crippen molar-refractivity contribution in [3.05, 3.63) is 63.7 Å². The molecule has 0 bridgehead atoms. The van der Waals surface area contributed by atoms with E-state index in [1.54, 1.807) is 0 Å². The summed E-state index contributed by atoms with van der Waals surface area (Å²) in [5.74, 6) is 0.385. The zero-order valence-electron chi connectivity index (χ0n) is 10.6. The van der Waals surface area contributed by atoms with Crippen LogP contribution in [0.5, 0.6) is 5.75 Å². The summed E-state index contributed by atoms with van der Waals surface area (Å²) in [7, 11) is 0. The minimum atomic E-state index is -0.332. The molecule has 2 rings (SSSR count). The van der Waals surface area contributed by atoms with Crippen LogP contribution in [-0.4, -0.2) is 6.29 Å². The zero-order valence-corrected chi connectivity index (χ0v) is 10.6. The third kappa shape index (κ3) is 3.10. The molecule has 0 radical (unpaired) electrons. The second kappa shape index (κ2) is 6.00. The van der Waals surface area contributed by atoms with Crippen molar-refractivity contribution >= 4 is 6.29 Å². The Kier molecular flexibility index (Phi) is 4.13. The number of hydrogen-bond donors (Lipinski definition) is 0. The van der Waals surface area contributed by atoms with Crippen molar-refractivity contribution in [2.24, 2.45) is 0 Å². The molecule has 19 heavy (non-hydrogen) atoms. The fourth-order valence-electron chi connectivity index (χ4n) is 1.67. The van der Waals surface area contributed by atoms with Crippen LogP contribution in [0, 0.1) is 0 Å². The van der Waals surface area contributed by atoms with Gasteiger partial charge in [0.05, 0.1) is 0 Å². The average Bonchev–Trinajstić information content (AvgIpc) is 2.46. The summed E-state index contributed by atoms with van der Waals surface area (Å²) in [6, 6.07) is 10.8. The Hall–Kier alpha value is -2.36. The third-order valence-corrected chi connectivity index (χ3v) is 2.66. The van der Waals surface area contributed by atoms with Crippen molar-refractivity contribution < 1.29 is 13.9 Å². The van der Waals surface area contributed by atoms with E-state index in [9.17, 15) is 9.59 Å². The van der Waals surface area contributed by atoms with Gasteiger partial charge in [0.2, 0.25) is 16.9 Å². The van der Waals surface area contributed by atoms with Crippen LogP contribution >= 0.6 is 0 Å². The van der Waals surface area contributed by atoms with Crippen molar-refractivity contribution in [2.45, 2.75) is 20.0 Å². The zero-order chi connectivity index (χ0) is 13.7. The summed E-state index contributed by atoms with van der Waals surface area (Å²) < 4.78 is 10.7. The SMILES string of the molecule is CCc1cc(=O)c(OCc2ccccc2)c(C=O)o1. The van der Waals surface area contributed by atoms with Crippen molar-refractivity contribution in [1.29, 1.82) is 0 Å². The molecule has 98 valence electrons. The Morgan fingerprint density at radius 1 is 1.26 bits per heavy atom. The third-order valence-electron chi connectivity index (χ3n) is 2.66. The lowest BCUT2D eigenvalue weighted by Gasteiger charge is -2.07. The highest BCUT2D eigenvalue weighted by atomic mass is 16.5. The Bertz CT molecular complexity index is 614. The summed E-state index contributed by atoms with van der Waals surface area (Å²) in [6.07, 6.45) is 1.05. The summed E-state index contributed by atoms with van der Waals surface area (Å²) >= 11 is 0. The highest BCUT2D eigenvalue weighted by Gasteiger charge is 2.12. The quantitative estimate of drug-likeness (QED) is 0.773. The first-order valence-electron chi connectivity index (χ1n) is 6.03. The van der Waals surface area contributed by atoms with Gasteiger partial charge in [-0.3, -0.25) is 9.59 Å². The van der Waals surface area contributed by atoms with Crippen LogP contribution in [0.2, 0.25) is 0 Å². The first-order valence-corrected chi connectivity index (χ1v) is 6.03. The molecule has 0 fully saturated rings. The van der Waals surface area contributed by atoms with Crippen LogP contribution in [0.1, 0.15) is 28.8 Å². The molecular weight excluding hydrogens is 244 g/mol. The molecule has 0 atom stereocenters. The van der Waals surface area contributed by atoms with Crippen molar-refractivity contribution in [2.75, 3.05) is 0 Å². The van der Waals surface area contributed by atoms with Crippen LogP contribution in [0.15, 0.2) is 45.6 Å². The van der Waals surface area contributed by atoms with E-state index in [1.807, 2.05) is 37.3 Å². The van der Waals surface area contributed by atoms with Gasteiger partial charge in [-0.05, 0) is 5.56 Å². The molecule has 1 aromatic carbocycles. The lowest BCUT2D eigenvalue weighted by atomic mass is 10.2. The fourth-order valence-corrected chi connectivity index (χ4v) is 1.67. The molecular formula is C15H14O4. The van der Waals surface area contributed by atoms with Gasteiger partial charge < -0.3 is 9.15 Å². The van der Waals surface area contributed by atoms with Gasteiger partial charge in [0, 0.05) is 12.5 Å². The second-order valence-corrected chi connectivity index (χ2v) is 4.02. The molecule has 0 amide bonds.